The number of fused-ring (bicyclic) bond motifs is 1. The quantitative estimate of drug-likeness (QED) is 0.347. The van der Waals surface area contributed by atoms with Gasteiger partial charge in [-0.2, -0.15) is 0 Å². The van der Waals surface area contributed by atoms with Crippen LogP contribution < -0.4 is 26.2 Å². The van der Waals surface area contributed by atoms with Crippen molar-refractivity contribution in [2.24, 2.45) is 0 Å². The molecule has 1 saturated heterocycles. The smallest absolute Gasteiger partial charge is 0.328 e. The van der Waals surface area contributed by atoms with Gasteiger partial charge < -0.3 is 19.9 Å². The number of aryl methyl sites for hydroxylation is 1. The standard InChI is InChI=1S/C30H33N5O4/c1-39-25-10-8-24(9-11-25)34-19-17-33(18-20-34)16-14-31-28(36)23-7-12-26-27(21-23)32-30(38)35(29(26)37)15-13-22-5-3-2-4-6-22/h2-12,21H,13-20H2,1H3,(H,31,36)(H,32,38). The monoisotopic (exact) mass is 527 g/mol. The van der Waals surface area contributed by atoms with Gasteiger partial charge in [-0.15, -0.1) is 0 Å². The van der Waals surface area contributed by atoms with Crippen molar-refractivity contribution in [1.82, 2.24) is 19.8 Å². The van der Waals surface area contributed by atoms with E-state index in [1.807, 2.05) is 42.5 Å². The van der Waals surface area contributed by atoms with Gasteiger partial charge in [-0.3, -0.25) is 19.1 Å². The van der Waals surface area contributed by atoms with Crippen LogP contribution in [0.5, 0.6) is 5.75 Å². The minimum atomic E-state index is -0.477. The molecule has 0 unspecified atom stereocenters. The van der Waals surface area contributed by atoms with E-state index in [1.165, 1.54) is 10.3 Å². The first kappa shape index (κ1) is 26.2. The Bertz CT molecular complexity index is 1540. The Morgan fingerprint density at radius 2 is 1.67 bits per heavy atom. The molecular formula is C30H33N5O4. The molecule has 4 aromatic rings. The van der Waals surface area contributed by atoms with E-state index < -0.39 is 5.69 Å². The fourth-order valence-electron chi connectivity index (χ4n) is 4.94. The Kier molecular flexibility index (Phi) is 8.07. The van der Waals surface area contributed by atoms with E-state index in [-0.39, 0.29) is 18.0 Å². The summed E-state index contributed by atoms with van der Waals surface area (Å²) in [6.07, 6.45) is 0.576. The third kappa shape index (κ3) is 6.21. The molecule has 1 fully saturated rings. The van der Waals surface area contributed by atoms with Crippen LogP contribution in [0.3, 0.4) is 0 Å². The molecule has 202 valence electrons. The molecule has 3 aromatic carbocycles. The van der Waals surface area contributed by atoms with Gasteiger partial charge in [0.15, 0.2) is 0 Å². The zero-order valence-corrected chi connectivity index (χ0v) is 22.1. The molecule has 1 aliphatic heterocycles. The van der Waals surface area contributed by atoms with Crippen LogP contribution in [0.1, 0.15) is 15.9 Å². The van der Waals surface area contributed by atoms with E-state index in [4.69, 9.17) is 4.74 Å². The van der Waals surface area contributed by atoms with Crippen LogP contribution in [0.25, 0.3) is 10.9 Å². The minimum Gasteiger partial charge on any atom is -0.497 e. The van der Waals surface area contributed by atoms with Crippen LogP contribution in [0.15, 0.2) is 82.4 Å². The van der Waals surface area contributed by atoms with Gasteiger partial charge in [0.05, 0.1) is 18.0 Å². The van der Waals surface area contributed by atoms with E-state index in [1.54, 1.807) is 25.3 Å². The molecule has 2 heterocycles. The lowest BCUT2D eigenvalue weighted by molar-refractivity contribution is 0.0948. The zero-order valence-electron chi connectivity index (χ0n) is 22.1. The summed E-state index contributed by atoms with van der Waals surface area (Å²) in [5.41, 5.74) is 2.17. The molecule has 1 amide bonds. The predicted octanol–water partition coefficient (Wildman–Crippen LogP) is 2.49. The molecular weight excluding hydrogens is 494 g/mol. The largest absolute Gasteiger partial charge is 0.497 e. The van der Waals surface area contributed by atoms with E-state index in [0.717, 1.165) is 44.0 Å². The van der Waals surface area contributed by atoms with Crippen molar-refractivity contribution < 1.29 is 9.53 Å². The Labute approximate surface area is 226 Å². The van der Waals surface area contributed by atoms with Crippen molar-refractivity contribution in [2.45, 2.75) is 13.0 Å². The lowest BCUT2D eigenvalue weighted by atomic mass is 10.1. The zero-order chi connectivity index (χ0) is 27.2. The lowest BCUT2D eigenvalue weighted by Crippen LogP contribution is -2.48. The molecule has 1 aliphatic rings. The van der Waals surface area contributed by atoms with Crippen LogP contribution in [0.2, 0.25) is 0 Å². The number of methoxy groups -OCH3 is 1. The van der Waals surface area contributed by atoms with Crippen molar-refractivity contribution >= 4 is 22.5 Å². The fourth-order valence-corrected chi connectivity index (χ4v) is 4.94. The predicted molar refractivity (Wildman–Crippen MR) is 153 cm³/mol. The second-order valence-electron chi connectivity index (χ2n) is 9.67. The van der Waals surface area contributed by atoms with Gasteiger partial charge in [0.1, 0.15) is 5.75 Å². The van der Waals surface area contributed by atoms with Crippen LogP contribution in [0, 0.1) is 0 Å². The van der Waals surface area contributed by atoms with Crippen molar-refractivity contribution in [1.29, 1.82) is 0 Å². The van der Waals surface area contributed by atoms with E-state index in [9.17, 15) is 14.4 Å². The molecule has 9 nitrogen and oxygen atoms in total. The number of hydrogen-bond acceptors (Lipinski definition) is 6. The molecule has 5 rings (SSSR count). The van der Waals surface area contributed by atoms with E-state index in [0.29, 0.717) is 29.4 Å². The third-order valence-corrected chi connectivity index (χ3v) is 7.23. The Morgan fingerprint density at radius 1 is 0.923 bits per heavy atom. The Morgan fingerprint density at radius 3 is 2.38 bits per heavy atom. The molecule has 0 saturated carbocycles. The number of carbonyl (C=O) groups is 1. The van der Waals surface area contributed by atoms with Gasteiger partial charge >= 0.3 is 5.69 Å². The number of piperazine rings is 1. The number of amides is 1. The van der Waals surface area contributed by atoms with Crippen LogP contribution in [0.4, 0.5) is 5.69 Å². The average Bonchev–Trinajstić information content (AvgIpc) is 2.97. The summed E-state index contributed by atoms with van der Waals surface area (Å²) in [5, 5.41) is 3.35. The first-order valence-electron chi connectivity index (χ1n) is 13.2. The van der Waals surface area contributed by atoms with Gasteiger partial charge in [-0.1, -0.05) is 30.3 Å². The topological polar surface area (TPSA) is 99.7 Å². The van der Waals surface area contributed by atoms with Gasteiger partial charge in [0, 0.05) is 57.1 Å². The highest BCUT2D eigenvalue weighted by atomic mass is 16.5. The average molecular weight is 528 g/mol. The first-order chi connectivity index (χ1) is 19.0. The summed E-state index contributed by atoms with van der Waals surface area (Å²) in [4.78, 5) is 45.8. The summed E-state index contributed by atoms with van der Waals surface area (Å²) in [6, 6.07) is 22.6. The van der Waals surface area contributed by atoms with Gasteiger partial charge in [0.2, 0.25) is 0 Å². The summed E-state index contributed by atoms with van der Waals surface area (Å²) in [5.74, 6) is 0.615. The molecule has 9 heteroatoms. The third-order valence-electron chi connectivity index (χ3n) is 7.23. The highest BCUT2D eigenvalue weighted by molar-refractivity contribution is 5.97. The number of rotatable bonds is 9. The summed E-state index contributed by atoms with van der Waals surface area (Å²) in [7, 11) is 1.67. The number of nitrogens with zero attached hydrogens (tertiary/aromatic N) is 3. The fraction of sp³-hybridized carbons (Fsp3) is 0.300. The molecule has 39 heavy (non-hydrogen) atoms. The highest BCUT2D eigenvalue weighted by Crippen LogP contribution is 2.20. The Balaban J connectivity index is 1.14. The summed E-state index contributed by atoms with van der Waals surface area (Å²) < 4.78 is 6.45. The molecule has 2 N–H and O–H groups in total. The second kappa shape index (κ2) is 12.0. The van der Waals surface area contributed by atoms with Crippen LogP contribution in [-0.4, -0.2) is 66.7 Å². The van der Waals surface area contributed by atoms with Gasteiger partial charge in [0.25, 0.3) is 11.5 Å². The van der Waals surface area contributed by atoms with E-state index >= 15 is 0 Å². The number of benzene rings is 3. The van der Waals surface area contributed by atoms with Crippen molar-refractivity contribution in [2.75, 3.05) is 51.3 Å². The number of nitrogens with one attached hydrogen (secondary N) is 2. The van der Waals surface area contributed by atoms with E-state index in [2.05, 4.69) is 32.2 Å². The number of aromatic nitrogens is 2. The minimum absolute atomic E-state index is 0.233. The molecule has 0 atom stereocenters. The van der Waals surface area contributed by atoms with Crippen LogP contribution >= 0.6 is 0 Å². The van der Waals surface area contributed by atoms with Crippen molar-refractivity contribution in [3.8, 4) is 5.75 Å². The summed E-state index contributed by atoms with van der Waals surface area (Å²) >= 11 is 0. The SMILES string of the molecule is COc1ccc(N2CCN(CCNC(=O)c3ccc4c(=O)n(CCc5ccccc5)c(=O)[nH]c4c3)CC2)cc1. The maximum absolute atomic E-state index is 13.0. The lowest BCUT2D eigenvalue weighted by Gasteiger charge is -2.36. The van der Waals surface area contributed by atoms with Crippen molar-refractivity contribution in [3.05, 3.63) is 105 Å². The normalized spacial score (nSPS) is 13.9. The second-order valence-corrected chi connectivity index (χ2v) is 9.67. The number of ether oxygens (including phenoxy) is 1. The summed E-state index contributed by atoms with van der Waals surface area (Å²) in [6.45, 7) is 5.20. The number of carbonyl (C=O) groups excluding carboxylic acids is 1. The number of aromatic amines is 1. The number of anilines is 1. The first-order valence-corrected chi connectivity index (χ1v) is 13.2. The molecule has 0 aliphatic carbocycles. The van der Waals surface area contributed by atoms with Crippen molar-refractivity contribution in [3.63, 3.8) is 0 Å². The molecule has 0 bridgehead atoms. The van der Waals surface area contributed by atoms with Gasteiger partial charge in [-0.25, -0.2) is 4.79 Å². The molecule has 1 aromatic heterocycles. The molecule has 0 spiro atoms. The van der Waals surface area contributed by atoms with Crippen LogP contribution in [-0.2, 0) is 13.0 Å². The highest BCUT2D eigenvalue weighted by Gasteiger charge is 2.18. The number of H-pyrrole nitrogens is 1. The molecule has 0 radical (unpaired) electrons. The maximum atomic E-state index is 13.0. The number of hydrogen-bond donors (Lipinski definition) is 2. The van der Waals surface area contributed by atoms with Gasteiger partial charge in [-0.05, 0) is 54.4 Å². The maximum Gasteiger partial charge on any atom is 0.328 e. The Hall–Kier alpha value is -4.37.